The highest BCUT2D eigenvalue weighted by Crippen LogP contribution is 2.34. The molecule has 0 radical (unpaired) electrons. The number of nitrogens with zero attached hydrogens (tertiary/aromatic N) is 3. The molecule has 1 aromatic heterocycles. The summed E-state index contributed by atoms with van der Waals surface area (Å²) in [5.41, 5.74) is 3.77. The summed E-state index contributed by atoms with van der Waals surface area (Å²) in [6.45, 7) is 10.1. The molecule has 1 heterocycles. The molecule has 0 aliphatic heterocycles. The minimum absolute atomic E-state index is 0.0321. The van der Waals surface area contributed by atoms with Crippen LogP contribution in [0.15, 0.2) is 64.5 Å². The highest BCUT2D eigenvalue weighted by Gasteiger charge is 2.18. The van der Waals surface area contributed by atoms with E-state index in [4.69, 9.17) is 26.1 Å². The molecule has 0 fully saturated rings. The van der Waals surface area contributed by atoms with Crippen molar-refractivity contribution in [3.8, 4) is 22.9 Å². The van der Waals surface area contributed by atoms with Gasteiger partial charge in [0.15, 0.2) is 5.82 Å². The van der Waals surface area contributed by atoms with Gasteiger partial charge in [-0.05, 0) is 80.3 Å². The van der Waals surface area contributed by atoms with Crippen molar-refractivity contribution in [2.75, 3.05) is 7.11 Å². The smallest absolute Gasteiger partial charge is 0.282 e. The molecule has 0 bridgehead atoms. The number of benzene rings is 3. The molecule has 0 spiro atoms. The highest BCUT2D eigenvalue weighted by atomic mass is 35.5. The Bertz CT molecular complexity index is 1510. The summed E-state index contributed by atoms with van der Waals surface area (Å²) in [6.07, 6.45) is 1.56. The zero-order valence-corrected chi connectivity index (χ0v) is 22.1. The largest absolute Gasteiger partial charge is 0.496 e. The van der Waals surface area contributed by atoms with Gasteiger partial charge < -0.3 is 9.47 Å². The van der Waals surface area contributed by atoms with E-state index in [1.807, 2.05) is 51.1 Å². The van der Waals surface area contributed by atoms with Gasteiger partial charge in [-0.15, -0.1) is 0 Å². The maximum atomic E-state index is 13.7. The predicted octanol–water partition coefficient (Wildman–Crippen LogP) is 6.83. The Hall–Kier alpha value is -3.64. The lowest BCUT2D eigenvalue weighted by molar-refractivity contribution is 0.242. The minimum Gasteiger partial charge on any atom is -0.496 e. The molecule has 0 N–H and O–H groups in total. The summed E-state index contributed by atoms with van der Waals surface area (Å²) in [5.74, 6) is 2.10. The molecular weight excluding hydrogens is 474 g/mol. The lowest BCUT2D eigenvalue weighted by Crippen LogP contribution is -2.21. The molecule has 4 aromatic rings. The van der Waals surface area contributed by atoms with Crippen molar-refractivity contribution in [2.24, 2.45) is 5.10 Å². The monoisotopic (exact) mass is 503 g/mol. The molecule has 4 rings (SSSR count). The molecule has 0 unspecified atom stereocenters. The number of halogens is 1. The zero-order valence-electron chi connectivity index (χ0n) is 21.4. The van der Waals surface area contributed by atoms with Gasteiger partial charge in [0.1, 0.15) is 11.5 Å². The third kappa shape index (κ3) is 5.14. The molecule has 0 atom stereocenters. The molecule has 0 aliphatic rings. The molecule has 36 heavy (non-hydrogen) atoms. The summed E-state index contributed by atoms with van der Waals surface area (Å²) in [6, 6.07) is 16.6. The minimum atomic E-state index is -0.262. The number of fused-ring (bicyclic) bond motifs is 1. The number of methoxy groups -OCH3 is 1. The van der Waals surface area contributed by atoms with E-state index in [2.05, 4.69) is 18.9 Å². The van der Waals surface area contributed by atoms with Gasteiger partial charge in [0.05, 0.1) is 30.3 Å². The second-order valence-electron chi connectivity index (χ2n) is 9.23. The average Bonchev–Trinajstić information content (AvgIpc) is 2.84. The Labute approximate surface area is 216 Å². The topological polar surface area (TPSA) is 65.7 Å². The summed E-state index contributed by atoms with van der Waals surface area (Å²) in [4.78, 5) is 18.5. The van der Waals surface area contributed by atoms with Gasteiger partial charge in [-0.25, -0.2) is 4.98 Å². The van der Waals surface area contributed by atoms with Crippen molar-refractivity contribution in [1.29, 1.82) is 0 Å². The first kappa shape index (κ1) is 25.5. The summed E-state index contributed by atoms with van der Waals surface area (Å²) >= 11 is 6.26. The van der Waals surface area contributed by atoms with Gasteiger partial charge in [-0.3, -0.25) is 4.79 Å². The summed E-state index contributed by atoms with van der Waals surface area (Å²) in [7, 11) is 1.66. The van der Waals surface area contributed by atoms with Crippen LogP contribution in [0.4, 0.5) is 0 Å². The van der Waals surface area contributed by atoms with E-state index in [9.17, 15) is 4.79 Å². The fourth-order valence-electron chi connectivity index (χ4n) is 4.07. The van der Waals surface area contributed by atoms with Crippen LogP contribution in [-0.2, 0) is 0 Å². The first-order chi connectivity index (χ1) is 17.2. The van der Waals surface area contributed by atoms with Gasteiger partial charge in [0, 0.05) is 16.1 Å². The van der Waals surface area contributed by atoms with Crippen LogP contribution in [0.3, 0.4) is 0 Å². The van der Waals surface area contributed by atoms with Crippen LogP contribution in [0.25, 0.3) is 22.3 Å². The quantitative estimate of drug-likeness (QED) is 0.259. The number of hydrogen-bond acceptors (Lipinski definition) is 5. The van der Waals surface area contributed by atoms with E-state index in [1.165, 1.54) is 4.68 Å². The van der Waals surface area contributed by atoms with Crippen LogP contribution < -0.4 is 15.0 Å². The van der Waals surface area contributed by atoms with Gasteiger partial charge in [0.25, 0.3) is 5.56 Å². The molecule has 0 amide bonds. The Kier molecular flexibility index (Phi) is 7.45. The van der Waals surface area contributed by atoms with Crippen molar-refractivity contribution in [3.05, 3.63) is 86.7 Å². The first-order valence-electron chi connectivity index (χ1n) is 11.9. The molecular formula is C29H30ClN3O3. The lowest BCUT2D eigenvalue weighted by atomic mass is 9.96. The lowest BCUT2D eigenvalue weighted by Gasteiger charge is -2.17. The summed E-state index contributed by atoms with van der Waals surface area (Å²) in [5, 5.41) is 5.65. The number of aryl methyl sites for hydroxylation is 1. The second-order valence-corrected chi connectivity index (χ2v) is 9.66. The van der Waals surface area contributed by atoms with E-state index in [-0.39, 0.29) is 17.6 Å². The fourth-order valence-corrected chi connectivity index (χ4v) is 4.25. The molecule has 6 nitrogen and oxygen atoms in total. The third-order valence-electron chi connectivity index (χ3n) is 5.84. The molecule has 186 valence electrons. The normalized spacial score (nSPS) is 11.7. The van der Waals surface area contributed by atoms with Crippen molar-refractivity contribution in [1.82, 2.24) is 9.66 Å². The van der Waals surface area contributed by atoms with Crippen molar-refractivity contribution >= 4 is 28.7 Å². The van der Waals surface area contributed by atoms with Gasteiger partial charge in [0.2, 0.25) is 0 Å². The molecule has 3 aromatic carbocycles. The zero-order chi connectivity index (χ0) is 26.0. The van der Waals surface area contributed by atoms with Crippen LogP contribution in [0.5, 0.6) is 11.5 Å². The standard InChI is InChI=1S/C29H30ClN3O3/c1-17(2)23-15-24(19(5)13-27(23)35-6)28-32-25-10-8-7-9-22(25)29(34)33(28)31-16-20-14-21(30)11-12-26(20)36-18(3)4/h7-18H,1-6H3. The van der Waals surface area contributed by atoms with E-state index in [0.717, 1.165) is 22.4 Å². The molecule has 0 saturated heterocycles. The van der Waals surface area contributed by atoms with Crippen LogP contribution in [0.2, 0.25) is 5.02 Å². The predicted molar refractivity (Wildman–Crippen MR) is 147 cm³/mol. The molecule has 0 saturated carbocycles. The van der Waals surface area contributed by atoms with Crippen molar-refractivity contribution in [3.63, 3.8) is 0 Å². The number of rotatable bonds is 7. The molecule has 7 heteroatoms. The Morgan fingerprint density at radius 2 is 1.78 bits per heavy atom. The maximum Gasteiger partial charge on any atom is 0.282 e. The number of aromatic nitrogens is 2. The van der Waals surface area contributed by atoms with E-state index in [0.29, 0.717) is 33.1 Å². The van der Waals surface area contributed by atoms with Gasteiger partial charge in [-0.1, -0.05) is 37.6 Å². The Morgan fingerprint density at radius 1 is 1.03 bits per heavy atom. The fraction of sp³-hybridized carbons (Fsp3) is 0.276. The Morgan fingerprint density at radius 3 is 2.47 bits per heavy atom. The maximum absolute atomic E-state index is 13.7. The Balaban J connectivity index is 1.98. The molecule has 0 aliphatic carbocycles. The summed E-state index contributed by atoms with van der Waals surface area (Å²) < 4.78 is 12.9. The van der Waals surface area contributed by atoms with Gasteiger partial charge >= 0.3 is 0 Å². The van der Waals surface area contributed by atoms with Gasteiger partial charge in [-0.2, -0.15) is 9.78 Å². The van der Waals surface area contributed by atoms with Crippen LogP contribution in [0, 0.1) is 6.92 Å². The van der Waals surface area contributed by atoms with Crippen LogP contribution in [0.1, 0.15) is 50.3 Å². The number of hydrogen-bond donors (Lipinski definition) is 0. The van der Waals surface area contributed by atoms with Crippen LogP contribution in [-0.4, -0.2) is 29.1 Å². The third-order valence-corrected chi connectivity index (χ3v) is 6.08. The first-order valence-corrected chi connectivity index (χ1v) is 12.3. The van der Waals surface area contributed by atoms with Crippen molar-refractivity contribution < 1.29 is 9.47 Å². The highest BCUT2D eigenvalue weighted by molar-refractivity contribution is 6.30. The number of ether oxygens (including phenoxy) is 2. The van der Waals surface area contributed by atoms with Crippen molar-refractivity contribution in [2.45, 2.75) is 46.6 Å². The van der Waals surface area contributed by atoms with E-state index >= 15 is 0 Å². The van der Waals surface area contributed by atoms with E-state index in [1.54, 1.807) is 37.6 Å². The SMILES string of the molecule is COc1cc(C)c(-c2nc3ccccc3c(=O)n2N=Cc2cc(Cl)ccc2OC(C)C)cc1C(C)C. The van der Waals surface area contributed by atoms with Crippen LogP contribution >= 0.6 is 11.6 Å². The average molecular weight is 504 g/mol. The van der Waals surface area contributed by atoms with E-state index < -0.39 is 0 Å². The number of para-hydroxylation sites is 1. The second kappa shape index (κ2) is 10.5.